The lowest BCUT2D eigenvalue weighted by atomic mass is 9.71. The molecule has 13 heavy (non-hydrogen) atoms. The first kappa shape index (κ1) is 10.6. The van der Waals surface area contributed by atoms with E-state index in [2.05, 4.69) is 13.8 Å². The van der Waals surface area contributed by atoms with Crippen molar-refractivity contribution >= 4 is 5.91 Å². The second-order valence-electron chi connectivity index (χ2n) is 4.94. The summed E-state index contributed by atoms with van der Waals surface area (Å²) >= 11 is 0. The predicted octanol–water partition coefficient (Wildman–Crippen LogP) is 2.29. The van der Waals surface area contributed by atoms with Crippen LogP contribution in [0.4, 0.5) is 0 Å². The molecule has 1 rings (SSSR count). The van der Waals surface area contributed by atoms with Gasteiger partial charge in [0, 0.05) is 19.5 Å². The van der Waals surface area contributed by atoms with Gasteiger partial charge in [-0.2, -0.15) is 0 Å². The molecule has 1 aliphatic rings. The molecule has 0 heterocycles. The Bertz CT molecular complexity index is 190. The second kappa shape index (κ2) is 3.69. The molecule has 0 radical (unpaired) electrons. The third-order valence-electron chi connectivity index (χ3n) is 3.30. The van der Waals surface area contributed by atoms with Crippen molar-refractivity contribution in [2.45, 2.75) is 39.5 Å². The van der Waals surface area contributed by atoms with Crippen LogP contribution in [0, 0.1) is 11.3 Å². The first-order valence-electron chi connectivity index (χ1n) is 5.17. The summed E-state index contributed by atoms with van der Waals surface area (Å²) in [5.74, 6) is 1.11. The third-order valence-corrected chi connectivity index (χ3v) is 3.30. The van der Waals surface area contributed by atoms with Crippen LogP contribution in [-0.2, 0) is 4.79 Å². The van der Waals surface area contributed by atoms with Crippen LogP contribution >= 0.6 is 0 Å². The zero-order chi connectivity index (χ0) is 10.1. The number of carbonyl (C=O) groups is 1. The number of hydrogen-bond donors (Lipinski definition) is 0. The molecule has 1 saturated carbocycles. The summed E-state index contributed by atoms with van der Waals surface area (Å²) in [5.41, 5.74) is -0.0734. The highest BCUT2D eigenvalue weighted by atomic mass is 16.2. The number of nitrogens with zero attached hydrogens (tertiary/aromatic N) is 1. The van der Waals surface area contributed by atoms with Crippen molar-refractivity contribution in [3.63, 3.8) is 0 Å². The summed E-state index contributed by atoms with van der Waals surface area (Å²) in [6.45, 7) is 4.39. The standard InChI is InChI=1S/C11H21NO/c1-9-5-7-11(2,8-6-9)10(13)12(3)4/h9H,5-8H2,1-4H3. The molecule has 0 N–H and O–H groups in total. The van der Waals surface area contributed by atoms with Crippen LogP contribution in [0.15, 0.2) is 0 Å². The zero-order valence-electron chi connectivity index (χ0n) is 9.26. The van der Waals surface area contributed by atoms with Gasteiger partial charge in [-0.1, -0.05) is 13.8 Å². The Hall–Kier alpha value is -0.530. The Morgan fingerprint density at radius 1 is 1.31 bits per heavy atom. The first-order valence-corrected chi connectivity index (χ1v) is 5.17. The zero-order valence-corrected chi connectivity index (χ0v) is 9.26. The molecule has 0 bridgehead atoms. The third kappa shape index (κ3) is 2.23. The van der Waals surface area contributed by atoms with Crippen molar-refractivity contribution < 1.29 is 4.79 Å². The van der Waals surface area contributed by atoms with E-state index < -0.39 is 0 Å². The molecule has 1 amide bonds. The Morgan fingerprint density at radius 3 is 2.15 bits per heavy atom. The van der Waals surface area contributed by atoms with Gasteiger partial charge in [0.15, 0.2) is 0 Å². The molecule has 0 aromatic rings. The SMILES string of the molecule is CC1CCC(C)(C(=O)N(C)C)CC1. The number of carbonyl (C=O) groups excluding carboxylic acids is 1. The van der Waals surface area contributed by atoms with Gasteiger partial charge < -0.3 is 4.90 Å². The molecule has 76 valence electrons. The monoisotopic (exact) mass is 183 g/mol. The van der Waals surface area contributed by atoms with Gasteiger partial charge in [-0.05, 0) is 31.6 Å². The van der Waals surface area contributed by atoms with E-state index in [1.54, 1.807) is 4.90 Å². The lowest BCUT2D eigenvalue weighted by Gasteiger charge is -2.36. The Labute approximate surface area is 81.3 Å². The van der Waals surface area contributed by atoms with E-state index in [0.29, 0.717) is 5.91 Å². The van der Waals surface area contributed by atoms with Crippen molar-refractivity contribution in [2.24, 2.45) is 11.3 Å². The molecular weight excluding hydrogens is 162 g/mol. The normalized spacial score (nSPS) is 34.3. The maximum atomic E-state index is 11.9. The molecule has 0 spiro atoms. The average molecular weight is 183 g/mol. The molecule has 0 saturated heterocycles. The minimum absolute atomic E-state index is 0.0734. The lowest BCUT2D eigenvalue weighted by Crippen LogP contribution is -2.40. The second-order valence-corrected chi connectivity index (χ2v) is 4.94. The van der Waals surface area contributed by atoms with E-state index in [4.69, 9.17) is 0 Å². The van der Waals surface area contributed by atoms with E-state index in [0.717, 1.165) is 18.8 Å². The number of rotatable bonds is 1. The highest BCUT2D eigenvalue weighted by Gasteiger charge is 2.37. The summed E-state index contributed by atoms with van der Waals surface area (Å²) in [6, 6.07) is 0. The van der Waals surface area contributed by atoms with Gasteiger partial charge in [0.25, 0.3) is 0 Å². The van der Waals surface area contributed by atoms with E-state index in [1.807, 2.05) is 14.1 Å². The van der Waals surface area contributed by atoms with Gasteiger partial charge in [0.05, 0.1) is 0 Å². The van der Waals surface area contributed by atoms with Crippen LogP contribution in [0.2, 0.25) is 0 Å². The Kier molecular flexibility index (Phi) is 2.99. The maximum absolute atomic E-state index is 11.9. The summed E-state index contributed by atoms with van der Waals surface area (Å²) in [5, 5.41) is 0. The van der Waals surface area contributed by atoms with Crippen LogP contribution in [0.1, 0.15) is 39.5 Å². The fourth-order valence-corrected chi connectivity index (χ4v) is 2.15. The van der Waals surface area contributed by atoms with Gasteiger partial charge in [-0.15, -0.1) is 0 Å². The van der Waals surface area contributed by atoms with Crippen LogP contribution in [-0.4, -0.2) is 24.9 Å². The van der Waals surface area contributed by atoms with Crippen molar-refractivity contribution in [2.75, 3.05) is 14.1 Å². The highest BCUT2D eigenvalue weighted by Crippen LogP contribution is 2.39. The van der Waals surface area contributed by atoms with Gasteiger partial charge in [-0.25, -0.2) is 0 Å². The molecule has 1 aliphatic carbocycles. The minimum Gasteiger partial charge on any atom is -0.348 e. The summed E-state index contributed by atoms with van der Waals surface area (Å²) < 4.78 is 0. The number of amides is 1. The smallest absolute Gasteiger partial charge is 0.227 e. The topological polar surface area (TPSA) is 20.3 Å². The van der Waals surface area contributed by atoms with Crippen LogP contribution in [0.3, 0.4) is 0 Å². The predicted molar refractivity (Wildman–Crippen MR) is 54.4 cm³/mol. The van der Waals surface area contributed by atoms with Gasteiger partial charge >= 0.3 is 0 Å². The van der Waals surface area contributed by atoms with Gasteiger partial charge in [0.2, 0.25) is 5.91 Å². The van der Waals surface area contributed by atoms with Gasteiger partial charge in [0.1, 0.15) is 0 Å². The van der Waals surface area contributed by atoms with Crippen molar-refractivity contribution in [3.8, 4) is 0 Å². The van der Waals surface area contributed by atoms with E-state index >= 15 is 0 Å². The minimum atomic E-state index is -0.0734. The quantitative estimate of drug-likeness (QED) is 0.611. The Morgan fingerprint density at radius 2 is 1.77 bits per heavy atom. The van der Waals surface area contributed by atoms with Crippen LogP contribution < -0.4 is 0 Å². The van der Waals surface area contributed by atoms with Crippen LogP contribution in [0.5, 0.6) is 0 Å². The Balaban J connectivity index is 2.61. The molecule has 1 fully saturated rings. The van der Waals surface area contributed by atoms with Gasteiger partial charge in [-0.3, -0.25) is 4.79 Å². The molecule has 0 unspecified atom stereocenters. The largest absolute Gasteiger partial charge is 0.348 e. The number of hydrogen-bond acceptors (Lipinski definition) is 1. The fourth-order valence-electron chi connectivity index (χ4n) is 2.15. The van der Waals surface area contributed by atoms with E-state index in [1.165, 1.54) is 12.8 Å². The molecule has 0 atom stereocenters. The lowest BCUT2D eigenvalue weighted by molar-refractivity contribution is -0.140. The van der Waals surface area contributed by atoms with Crippen LogP contribution in [0.25, 0.3) is 0 Å². The van der Waals surface area contributed by atoms with Crippen molar-refractivity contribution in [1.82, 2.24) is 4.90 Å². The van der Waals surface area contributed by atoms with E-state index in [9.17, 15) is 4.79 Å². The maximum Gasteiger partial charge on any atom is 0.227 e. The summed E-state index contributed by atoms with van der Waals surface area (Å²) in [7, 11) is 3.71. The van der Waals surface area contributed by atoms with Crippen molar-refractivity contribution in [1.29, 1.82) is 0 Å². The summed E-state index contributed by atoms with van der Waals surface area (Å²) in [6.07, 6.45) is 4.53. The summed E-state index contributed by atoms with van der Waals surface area (Å²) in [4.78, 5) is 13.6. The molecule has 0 aliphatic heterocycles. The molecule has 2 nitrogen and oxygen atoms in total. The van der Waals surface area contributed by atoms with E-state index in [-0.39, 0.29) is 5.41 Å². The highest BCUT2D eigenvalue weighted by molar-refractivity contribution is 5.81. The molecule has 0 aromatic carbocycles. The molecule has 2 heteroatoms. The average Bonchev–Trinajstić information content (AvgIpc) is 2.09. The molecular formula is C11H21NO. The van der Waals surface area contributed by atoms with Crippen molar-refractivity contribution in [3.05, 3.63) is 0 Å². The first-order chi connectivity index (χ1) is 5.96. The molecule has 0 aromatic heterocycles. The fraction of sp³-hybridized carbons (Fsp3) is 0.909.